The molecule has 4 rings (SSSR count). The Labute approximate surface area is 187 Å². The van der Waals surface area contributed by atoms with E-state index in [9.17, 15) is 0 Å². The Morgan fingerprint density at radius 3 is 1.68 bits per heavy atom. The van der Waals surface area contributed by atoms with Gasteiger partial charge in [0, 0.05) is 7.11 Å². The maximum atomic E-state index is 5.20. The molecule has 1 nitrogen and oxygen atoms in total. The van der Waals surface area contributed by atoms with Crippen molar-refractivity contribution in [2.75, 3.05) is 7.11 Å². The average Bonchev–Trinajstić information content (AvgIpc) is 2.84. The zero-order chi connectivity index (χ0) is 21.5. The van der Waals surface area contributed by atoms with E-state index in [4.69, 9.17) is 4.74 Å². The predicted molar refractivity (Wildman–Crippen MR) is 132 cm³/mol. The fourth-order valence-corrected chi connectivity index (χ4v) is 4.74. The van der Waals surface area contributed by atoms with Gasteiger partial charge in [-0.05, 0) is 77.3 Å². The Balaban J connectivity index is 1.39. The van der Waals surface area contributed by atoms with Crippen molar-refractivity contribution < 1.29 is 4.74 Å². The normalized spacial score (nSPS) is 19.0. The molecule has 1 heteroatoms. The summed E-state index contributed by atoms with van der Waals surface area (Å²) in [7, 11) is 1.73. The largest absolute Gasteiger partial charge is 0.380 e. The molecule has 1 saturated carbocycles. The van der Waals surface area contributed by atoms with Crippen LogP contribution in [0, 0.1) is 5.92 Å². The van der Waals surface area contributed by atoms with Crippen molar-refractivity contribution in [3.8, 4) is 22.3 Å². The summed E-state index contributed by atoms with van der Waals surface area (Å²) >= 11 is 0. The van der Waals surface area contributed by atoms with Crippen LogP contribution in [0.5, 0.6) is 0 Å². The SMILES string of the molecule is CCC=CC1CCC(c2ccc(-c3ccc(-c4ccc(COC)cc4)cc3)cc2)CC1. The van der Waals surface area contributed by atoms with Crippen molar-refractivity contribution in [2.24, 2.45) is 5.92 Å². The molecule has 0 heterocycles. The van der Waals surface area contributed by atoms with Gasteiger partial charge in [-0.15, -0.1) is 0 Å². The predicted octanol–water partition coefficient (Wildman–Crippen LogP) is 8.41. The number of hydrogen-bond donors (Lipinski definition) is 0. The molecule has 0 saturated heterocycles. The third-order valence-electron chi connectivity index (χ3n) is 6.61. The lowest BCUT2D eigenvalue weighted by Crippen LogP contribution is -2.11. The number of allylic oxidation sites excluding steroid dienone is 2. The van der Waals surface area contributed by atoms with Crippen LogP contribution >= 0.6 is 0 Å². The van der Waals surface area contributed by atoms with Gasteiger partial charge in [0.05, 0.1) is 6.61 Å². The lowest BCUT2D eigenvalue weighted by atomic mass is 9.78. The van der Waals surface area contributed by atoms with E-state index in [1.54, 1.807) is 7.11 Å². The summed E-state index contributed by atoms with van der Waals surface area (Å²) in [5.41, 5.74) is 7.78. The fourth-order valence-electron chi connectivity index (χ4n) is 4.74. The molecule has 31 heavy (non-hydrogen) atoms. The second-order valence-corrected chi connectivity index (χ2v) is 8.78. The summed E-state index contributed by atoms with van der Waals surface area (Å²) in [6.07, 6.45) is 11.2. The highest BCUT2D eigenvalue weighted by Gasteiger charge is 2.20. The van der Waals surface area contributed by atoms with E-state index in [0.29, 0.717) is 6.61 Å². The van der Waals surface area contributed by atoms with Gasteiger partial charge in [-0.3, -0.25) is 0 Å². The first-order valence-corrected chi connectivity index (χ1v) is 11.7. The second-order valence-electron chi connectivity index (χ2n) is 8.78. The summed E-state index contributed by atoms with van der Waals surface area (Å²) in [5, 5.41) is 0. The lowest BCUT2D eigenvalue weighted by molar-refractivity contribution is 0.185. The van der Waals surface area contributed by atoms with Crippen molar-refractivity contribution in [1.29, 1.82) is 0 Å². The van der Waals surface area contributed by atoms with Gasteiger partial charge in [-0.1, -0.05) is 91.9 Å². The highest BCUT2D eigenvalue weighted by Crippen LogP contribution is 2.37. The summed E-state index contributed by atoms with van der Waals surface area (Å²) < 4.78 is 5.20. The Kier molecular flexibility index (Phi) is 7.38. The number of benzene rings is 3. The summed E-state index contributed by atoms with van der Waals surface area (Å²) in [6, 6.07) is 26.8. The van der Waals surface area contributed by atoms with Gasteiger partial charge in [-0.2, -0.15) is 0 Å². The first-order chi connectivity index (χ1) is 15.3. The number of methoxy groups -OCH3 is 1. The molecule has 3 aromatic carbocycles. The molecule has 0 bridgehead atoms. The molecular weight excluding hydrogens is 376 g/mol. The van der Waals surface area contributed by atoms with Gasteiger partial charge in [0.25, 0.3) is 0 Å². The highest BCUT2D eigenvalue weighted by atomic mass is 16.5. The van der Waals surface area contributed by atoms with E-state index in [1.165, 1.54) is 59.1 Å². The molecule has 0 atom stereocenters. The summed E-state index contributed by atoms with van der Waals surface area (Å²) in [5.74, 6) is 1.52. The molecule has 0 amide bonds. The van der Waals surface area contributed by atoms with Gasteiger partial charge in [0.2, 0.25) is 0 Å². The zero-order valence-electron chi connectivity index (χ0n) is 18.9. The smallest absolute Gasteiger partial charge is 0.0713 e. The van der Waals surface area contributed by atoms with E-state index >= 15 is 0 Å². The maximum absolute atomic E-state index is 5.20. The van der Waals surface area contributed by atoms with Gasteiger partial charge in [-0.25, -0.2) is 0 Å². The third-order valence-corrected chi connectivity index (χ3v) is 6.61. The fraction of sp³-hybridized carbons (Fsp3) is 0.333. The molecule has 0 radical (unpaired) electrons. The molecule has 0 N–H and O–H groups in total. The van der Waals surface area contributed by atoms with Crippen molar-refractivity contribution >= 4 is 0 Å². The molecule has 1 aliphatic carbocycles. The topological polar surface area (TPSA) is 9.23 Å². The van der Waals surface area contributed by atoms with Crippen LogP contribution in [0.3, 0.4) is 0 Å². The highest BCUT2D eigenvalue weighted by molar-refractivity contribution is 5.70. The standard InChI is InChI=1S/C30H34O/c1-3-4-5-23-6-10-25(11-7-23)27-14-18-29(19-15-27)30-20-16-28(17-21-30)26-12-8-24(9-13-26)22-31-2/h4-5,8-9,12-21,23,25H,3,6-7,10-11,22H2,1-2H3. The summed E-state index contributed by atoms with van der Waals surface area (Å²) in [4.78, 5) is 0. The molecule has 1 aliphatic rings. The lowest BCUT2D eigenvalue weighted by Gasteiger charge is -2.27. The minimum absolute atomic E-state index is 0.659. The molecular formula is C30H34O. The first-order valence-electron chi connectivity index (χ1n) is 11.7. The van der Waals surface area contributed by atoms with Crippen molar-refractivity contribution in [1.82, 2.24) is 0 Å². The molecule has 160 valence electrons. The molecule has 0 aromatic heterocycles. The van der Waals surface area contributed by atoms with E-state index in [0.717, 1.165) is 18.3 Å². The van der Waals surface area contributed by atoms with Crippen molar-refractivity contribution in [2.45, 2.75) is 51.6 Å². The van der Waals surface area contributed by atoms with Crippen LogP contribution in [0.1, 0.15) is 56.1 Å². The first kappa shape index (κ1) is 21.6. The molecule has 0 spiro atoms. The van der Waals surface area contributed by atoms with Crippen LogP contribution in [0.25, 0.3) is 22.3 Å². The number of hydrogen-bond acceptors (Lipinski definition) is 1. The van der Waals surface area contributed by atoms with Crippen LogP contribution in [0.15, 0.2) is 84.9 Å². The van der Waals surface area contributed by atoms with E-state index in [2.05, 4.69) is 91.9 Å². The van der Waals surface area contributed by atoms with Crippen LogP contribution in [-0.2, 0) is 11.3 Å². The van der Waals surface area contributed by atoms with Crippen LogP contribution in [0.4, 0.5) is 0 Å². The second kappa shape index (κ2) is 10.6. The van der Waals surface area contributed by atoms with Gasteiger partial charge in [0.1, 0.15) is 0 Å². The minimum atomic E-state index is 0.659. The third kappa shape index (κ3) is 5.54. The molecule has 1 fully saturated rings. The Bertz CT molecular complexity index is 956. The van der Waals surface area contributed by atoms with Crippen molar-refractivity contribution in [3.63, 3.8) is 0 Å². The van der Waals surface area contributed by atoms with Crippen LogP contribution in [0.2, 0.25) is 0 Å². The molecule has 0 unspecified atom stereocenters. The number of rotatable bonds is 7. The maximum Gasteiger partial charge on any atom is 0.0713 e. The Hall–Kier alpha value is -2.64. The molecule has 0 aliphatic heterocycles. The average molecular weight is 411 g/mol. The quantitative estimate of drug-likeness (QED) is 0.355. The van der Waals surface area contributed by atoms with Gasteiger partial charge in [0.15, 0.2) is 0 Å². The van der Waals surface area contributed by atoms with E-state index < -0.39 is 0 Å². The Morgan fingerprint density at radius 2 is 1.19 bits per heavy atom. The number of ether oxygens (including phenoxy) is 1. The van der Waals surface area contributed by atoms with E-state index in [-0.39, 0.29) is 0 Å². The monoisotopic (exact) mass is 410 g/mol. The van der Waals surface area contributed by atoms with E-state index in [1.807, 2.05) is 0 Å². The zero-order valence-corrected chi connectivity index (χ0v) is 18.9. The van der Waals surface area contributed by atoms with Crippen molar-refractivity contribution in [3.05, 3.63) is 96.1 Å². The summed E-state index contributed by atoms with van der Waals surface area (Å²) in [6.45, 7) is 2.88. The minimum Gasteiger partial charge on any atom is -0.380 e. The van der Waals surface area contributed by atoms with Gasteiger partial charge >= 0.3 is 0 Å². The Morgan fingerprint density at radius 1 is 0.710 bits per heavy atom. The van der Waals surface area contributed by atoms with Crippen LogP contribution < -0.4 is 0 Å². The molecule has 3 aromatic rings. The van der Waals surface area contributed by atoms with Gasteiger partial charge < -0.3 is 4.74 Å². The van der Waals surface area contributed by atoms with Crippen LogP contribution in [-0.4, -0.2) is 7.11 Å².